The highest BCUT2D eigenvalue weighted by atomic mass is 35.5. The summed E-state index contributed by atoms with van der Waals surface area (Å²) in [6.07, 6.45) is 0.754. The molecule has 0 unspecified atom stereocenters. The highest BCUT2D eigenvalue weighted by Gasteiger charge is 2.46. The summed E-state index contributed by atoms with van der Waals surface area (Å²) in [5, 5.41) is 9.09. The number of carbonyl (C=O) groups excluding carboxylic acids is 1. The van der Waals surface area contributed by atoms with Crippen LogP contribution < -0.4 is 4.74 Å². The Morgan fingerprint density at radius 2 is 1.77 bits per heavy atom. The molecular weight excluding hydrogens is 656 g/mol. The van der Waals surface area contributed by atoms with E-state index >= 15 is 0 Å². The summed E-state index contributed by atoms with van der Waals surface area (Å²) < 4.78 is 47.4. The Balaban J connectivity index is 1.26. The molecule has 3 fully saturated rings. The lowest BCUT2D eigenvalue weighted by atomic mass is 9.75. The number of halogens is 1. The Hall–Kier alpha value is -3.12. The van der Waals surface area contributed by atoms with E-state index in [0.717, 1.165) is 16.7 Å². The van der Waals surface area contributed by atoms with Crippen LogP contribution in [0.5, 0.6) is 5.75 Å². The van der Waals surface area contributed by atoms with E-state index in [0.29, 0.717) is 62.4 Å². The van der Waals surface area contributed by atoms with Gasteiger partial charge in [0.05, 0.1) is 22.5 Å². The molecule has 3 aliphatic heterocycles. The van der Waals surface area contributed by atoms with Crippen LogP contribution in [0.4, 0.5) is 4.79 Å². The third kappa shape index (κ3) is 8.18. The van der Waals surface area contributed by atoms with Gasteiger partial charge in [0.25, 0.3) is 0 Å². The van der Waals surface area contributed by atoms with Crippen molar-refractivity contribution in [2.45, 2.75) is 82.9 Å². The molecule has 1 N–H and O–H groups in total. The Morgan fingerprint density at radius 1 is 1.08 bits per heavy atom. The SMILES string of the molecule is C=C(C)[C@H]1C[C@@H]2CN(S(=O)(=O)C3CCN(C(=O)OCc4ccccc4)CC3)CC[C@@H]2O[C@@H]1c1cc(C(C)(C)C)cc(Cl)c1OCC(=O)O. The molecule has 0 bridgehead atoms. The topological polar surface area (TPSA) is 123 Å². The number of aliphatic carboxylic acids is 1. The number of carboxylic acid groups (broad SMARTS) is 1. The average molecular weight is 703 g/mol. The van der Waals surface area contributed by atoms with Gasteiger partial charge in [0.2, 0.25) is 10.0 Å². The summed E-state index contributed by atoms with van der Waals surface area (Å²) in [6, 6.07) is 13.3. The number of carbonyl (C=O) groups is 2. The zero-order chi connectivity index (χ0) is 34.8. The lowest BCUT2D eigenvalue weighted by Gasteiger charge is -2.47. The van der Waals surface area contributed by atoms with E-state index < -0.39 is 40.0 Å². The van der Waals surface area contributed by atoms with Crippen molar-refractivity contribution < 1.29 is 37.3 Å². The molecular formula is C36H47ClN2O8S. The quantitative estimate of drug-likeness (QED) is 0.291. The minimum atomic E-state index is -3.61. The number of ether oxygens (including phenoxy) is 3. The van der Waals surface area contributed by atoms with E-state index in [9.17, 15) is 23.1 Å². The smallest absolute Gasteiger partial charge is 0.410 e. The van der Waals surface area contributed by atoms with Crippen molar-refractivity contribution in [3.05, 3.63) is 76.3 Å². The summed E-state index contributed by atoms with van der Waals surface area (Å²) in [6.45, 7) is 13.4. The van der Waals surface area contributed by atoms with Crippen LogP contribution in [-0.4, -0.2) is 78.9 Å². The van der Waals surface area contributed by atoms with E-state index in [1.807, 2.05) is 49.4 Å². The number of piperidine rings is 2. The molecule has 4 atom stereocenters. The van der Waals surface area contributed by atoms with Crippen LogP contribution in [0.2, 0.25) is 5.02 Å². The van der Waals surface area contributed by atoms with Gasteiger partial charge < -0.3 is 24.2 Å². The number of carboxylic acids is 1. The van der Waals surface area contributed by atoms with Crippen molar-refractivity contribution in [2.24, 2.45) is 11.8 Å². The minimum absolute atomic E-state index is 0.0517. The van der Waals surface area contributed by atoms with Crippen molar-refractivity contribution in [3.8, 4) is 5.75 Å². The number of amides is 1. The van der Waals surface area contributed by atoms with E-state index in [2.05, 4.69) is 27.4 Å². The van der Waals surface area contributed by atoms with Crippen LogP contribution in [0.1, 0.15) is 76.2 Å². The van der Waals surface area contributed by atoms with Crippen LogP contribution in [0.25, 0.3) is 0 Å². The van der Waals surface area contributed by atoms with Crippen molar-refractivity contribution in [1.29, 1.82) is 0 Å². The largest absolute Gasteiger partial charge is 0.480 e. The van der Waals surface area contributed by atoms with Gasteiger partial charge in [-0.2, -0.15) is 0 Å². The fourth-order valence-electron chi connectivity index (χ4n) is 7.00. The first-order valence-electron chi connectivity index (χ1n) is 16.6. The Kier molecular flexibility index (Phi) is 11.1. The van der Waals surface area contributed by atoms with Gasteiger partial charge in [-0.25, -0.2) is 22.3 Å². The van der Waals surface area contributed by atoms with E-state index in [-0.39, 0.29) is 35.7 Å². The lowest BCUT2D eigenvalue weighted by molar-refractivity contribution is -0.139. The number of sulfonamides is 1. The van der Waals surface area contributed by atoms with Gasteiger partial charge in [0.15, 0.2) is 6.61 Å². The fraction of sp³-hybridized carbons (Fsp3) is 0.556. The zero-order valence-electron chi connectivity index (χ0n) is 28.2. The number of fused-ring (bicyclic) bond motifs is 1. The fourth-order valence-corrected chi connectivity index (χ4v) is 9.27. The molecule has 3 heterocycles. The van der Waals surface area contributed by atoms with Crippen LogP contribution in [-0.2, 0) is 36.3 Å². The lowest BCUT2D eigenvalue weighted by Crippen LogP contribution is -2.54. The number of rotatable bonds is 9. The van der Waals surface area contributed by atoms with Crippen LogP contribution in [0.3, 0.4) is 0 Å². The highest BCUT2D eigenvalue weighted by molar-refractivity contribution is 7.89. The zero-order valence-corrected chi connectivity index (χ0v) is 29.8. The Bertz CT molecular complexity index is 1600. The number of nitrogens with zero attached hydrogens (tertiary/aromatic N) is 2. The third-order valence-corrected chi connectivity index (χ3v) is 12.4. The molecule has 0 aliphatic carbocycles. The predicted octanol–water partition coefficient (Wildman–Crippen LogP) is 6.58. The molecule has 5 rings (SSSR count). The summed E-state index contributed by atoms with van der Waals surface area (Å²) in [7, 11) is -3.61. The average Bonchev–Trinajstić information content (AvgIpc) is 3.05. The second-order valence-electron chi connectivity index (χ2n) is 14.3. The molecule has 10 nitrogen and oxygen atoms in total. The molecule has 0 saturated carbocycles. The maximum atomic E-state index is 13.9. The van der Waals surface area contributed by atoms with Gasteiger partial charge in [-0.1, -0.05) is 74.9 Å². The summed E-state index contributed by atoms with van der Waals surface area (Å²) >= 11 is 6.72. The second kappa shape index (κ2) is 14.8. The number of benzene rings is 2. The molecule has 3 aliphatic rings. The van der Waals surface area contributed by atoms with Crippen LogP contribution in [0, 0.1) is 11.8 Å². The number of likely N-dealkylation sites (tertiary alicyclic amines) is 1. The van der Waals surface area contributed by atoms with Gasteiger partial charge >= 0.3 is 12.1 Å². The van der Waals surface area contributed by atoms with Crippen molar-refractivity contribution in [2.75, 3.05) is 32.8 Å². The van der Waals surface area contributed by atoms with Crippen LogP contribution >= 0.6 is 11.6 Å². The predicted molar refractivity (Wildman–Crippen MR) is 184 cm³/mol. The van der Waals surface area contributed by atoms with Gasteiger partial charge in [0, 0.05) is 37.7 Å². The van der Waals surface area contributed by atoms with E-state index in [1.54, 1.807) is 9.21 Å². The maximum absolute atomic E-state index is 13.9. The molecule has 2 aromatic rings. The van der Waals surface area contributed by atoms with Crippen molar-refractivity contribution in [3.63, 3.8) is 0 Å². The van der Waals surface area contributed by atoms with Gasteiger partial charge in [-0.05, 0) is 67.2 Å². The standard InChI is InChI=1S/C36H47ClN2O8S/c1-23(2)28-17-25-20-39(48(43,44)27-11-14-38(15-12-27)35(42)46-21-24-9-7-6-8-10-24)16-13-31(25)47-33(28)29-18-26(36(3,4)5)19-30(37)34(29)45-22-32(40)41/h6-10,18-19,25,27-28,31,33H,1,11-17,20-22H2,2-5H3,(H,40,41)/t25-,28-,31+,33+/m1/s1. The Labute approximate surface area is 289 Å². The monoisotopic (exact) mass is 702 g/mol. The third-order valence-electron chi connectivity index (χ3n) is 9.77. The van der Waals surface area contributed by atoms with E-state index in [1.165, 1.54) is 0 Å². The second-order valence-corrected chi connectivity index (χ2v) is 16.9. The number of hydrogen-bond acceptors (Lipinski definition) is 7. The maximum Gasteiger partial charge on any atom is 0.410 e. The molecule has 262 valence electrons. The normalized spacial score (nSPS) is 24.1. The van der Waals surface area contributed by atoms with Gasteiger partial charge in [0.1, 0.15) is 12.4 Å². The molecule has 2 aromatic carbocycles. The van der Waals surface area contributed by atoms with Crippen LogP contribution in [0.15, 0.2) is 54.6 Å². The molecule has 1 amide bonds. The molecule has 0 spiro atoms. The summed E-state index contributed by atoms with van der Waals surface area (Å²) in [4.78, 5) is 25.7. The minimum Gasteiger partial charge on any atom is -0.480 e. The van der Waals surface area contributed by atoms with Crippen molar-refractivity contribution in [1.82, 2.24) is 9.21 Å². The molecule has 3 saturated heterocycles. The first-order valence-corrected chi connectivity index (χ1v) is 18.5. The first kappa shape index (κ1) is 36.2. The molecule has 12 heteroatoms. The molecule has 0 radical (unpaired) electrons. The molecule has 0 aromatic heterocycles. The van der Waals surface area contributed by atoms with E-state index in [4.69, 9.17) is 25.8 Å². The van der Waals surface area contributed by atoms with Crippen molar-refractivity contribution >= 4 is 33.7 Å². The highest BCUT2D eigenvalue weighted by Crippen LogP contribution is 2.49. The summed E-state index contributed by atoms with van der Waals surface area (Å²) in [5.41, 5.74) is 3.19. The Morgan fingerprint density at radius 3 is 2.40 bits per heavy atom. The van der Waals surface area contributed by atoms with Gasteiger partial charge in [-0.3, -0.25) is 0 Å². The number of hydrogen-bond donors (Lipinski definition) is 1. The molecule has 48 heavy (non-hydrogen) atoms. The summed E-state index contributed by atoms with van der Waals surface area (Å²) in [5.74, 6) is -1.04. The van der Waals surface area contributed by atoms with Gasteiger partial charge in [-0.15, -0.1) is 0 Å². The first-order chi connectivity index (χ1) is 22.6.